The molecule has 0 aliphatic heterocycles. The minimum Gasteiger partial charge on any atom is -0.508 e. The Labute approximate surface area is 159 Å². The van der Waals surface area contributed by atoms with E-state index in [0.717, 1.165) is 16.5 Å². The third kappa shape index (κ3) is 2.01. The molecule has 4 N–H and O–H groups in total. The lowest BCUT2D eigenvalue weighted by Crippen LogP contribution is -2.16. The molecule has 0 aliphatic rings. The van der Waals surface area contributed by atoms with Crippen LogP contribution in [0.3, 0.4) is 0 Å². The molecule has 0 aliphatic carbocycles. The lowest BCUT2D eigenvalue weighted by Gasteiger charge is -2.13. The second-order valence-corrected chi connectivity index (χ2v) is 6.86. The first-order valence-electron chi connectivity index (χ1n) is 8.82. The van der Waals surface area contributed by atoms with Crippen LogP contribution in [-0.4, -0.2) is 29.7 Å². The van der Waals surface area contributed by atoms with Crippen LogP contribution in [0.1, 0.15) is 11.1 Å². The number of aromatic amines is 1. The average molecular weight is 371 g/mol. The predicted octanol–water partition coefficient (Wildman–Crippen LogP) is 3.56. The molecule has 138 valence electrons. The number of aromatic nitrogens is 4. The van der Waals surface area contributed by atoms with Gasteiger partial charge in [-0.3, -0.25) is 9.98 Å². The molecular weight excluding hydrogens is 354 g/mol. The van der Waals surface area contributed by atoms with Gasteiger partial charge in [-0.25, -0.2) is 9.97 Å². The minimum absolute atomic E-state index is 0.0641. The monoisotopic (exact) mass is 371 g/mol. The quantitative estimate of drug-likeness (QED) is 0.361. The lowest BCUT2D eigenvalue weighted by atomic mass is 10.1. The van der Waals surface area contributed by atoms with Crippen LogP contribution in [0.25, 0.3) is 38.5 Å². The number of phenols is 1. The molecule has 28 heavy (non-hydrogen) atoms. The van der Waals surface area contributed by atoms with Gasteiger partial charge in [-0.05, 0) is 31.5 Å². The Morgan fingerprint density at radius 1 is 1.04 bits per heavy atom. The number of nitrogens with one attached hydrogen (secondary N) is 2. The number of rotatable bonds is 1. The molecule has 7 nitrogen and oxygen atoms in total. The standard InChI is InChI=1S/C21H17N5O2/c1-10-7-8-14(27)11(2)18(10)26-19(22)16-15-17(23-9-24-20(15)26)12-5-3-4-6-13(12)25-21(16)28/h3-9,22,27-28H,1-2H3,(H,23,24). The summed E-state index contributed by atoms with van der Waals surface area (Å²) >= 11 is 0. The van der Waals surface area contributed by atoms with Crippen LogP contribution in [0.4, 0.5) is 0 Å². The summed E-state index contributed by atoms with van der Waals surface area (Å²) in [7, 11) is 0. The van der Waals surface area contributed by atoms with Crippen molar-refractivity contribution in [3.63, 3.8) is 0 Å². The van der Waals surface area contributed by atoms with Gasteiger partial charge in [0.15, 0.2) is 5.65 Å². The van der Waals surface area contributed by atoms with Gasteiger partial charge >= 0.3 is 0 Å². The first kappa shape index (κ1) is 16.3. The van der Waals surface area contributed by atoms with Gasteiger partial charge in [0.1, 0.15) is 11.2 Å². The van der Waals surface area contributed by atoms with Crippen LogP contribution in [0, 0.1) is 19.3 Å². The second kappa shape index (κ2) is 5.56. The third-order valence-electron chi connectivity index (χ3n) is 5.24. The highest BCUT2D eigenvalue weighted by molar-refractivity contribution is 6.16. The van der Waals surface area contributed by atoms with Crippen molar-refractivity contribution in [2.24, 2.45) is 0 Å². The van der Waals surface area contributed by atoms with Crippen LogP contribution in [0.15, 0.2) is 42.7 Å². The predicted molar refractivity (Wildman–Crippen MR) is 107 cm³/mol. The number of H-pyrrole nitrogens is 1. The van der Waals surface area contributed by atoms with Crippen molar-refractivity contribution in [3.05, 3.63) is 59.3 Å². The van der Waals surface area contributed by atoms with Gasteiger partial charge in [-0.15, -0.1) is 0 Å². The van der Waals surface area contributed by atoms with Crippen LogP contribution in [-0.2, 0) is 0 Å². The van der Waals surface area contributed by atoms with Crippen LogP contribution in [0.5, 0.6) is 11.6 Å². The number of hydrogen-bond donors (Lipinski definition) is 4. The number of nitrogens with zero attached hydrogens (tertiary/aromatic N) is 3. The zero-order valence-electron chi connectivity index (χ0n) is 15.3. The molecule has 0 saturated carbocycles. The van der Waals surface area contributed by atoms with Gasteiger partial charge < -0.3 is 15.2 Å². The summed E-state index contributed by atoms with van der Waals surface area (Å²) < 4.78 is 1.66. The van der Waals surface area contributed by atoms with E-state index in [1.54, 1.807) is 30.0 Å². The summed E-state index contributed by atoms with van der Waals surface area (Å²) in [6.07, 6.45) is 1.57. The first-order chi connectivity index (χ1) is 13.5. The fourth-order valence-electron chi connectivity index (χ4n) is 3.92. The van der Waals surface area contributed by atoms with Gasteiger partial charge in [-0.1, -0.05) is 24.3 Å². The Morgan fingerprint density at radius 2 is 1.82 bits per heavy atom. The maximum Gasteiger partial charge on any atom is 0.223 e. The number of benzene rings is 2. The summed E-state index contributed by atoms with van der Waals surface area (Å²) in [5, 5.41) is 31.6. The van der Waals surface area contributed by atoms with Crippen molar-refractivity contribution in [2.75, 3.05) is 0 Å². The summed E-state index contributed by atoms with van der Waals surface area (Å²) in [6.45, 7) is 3.71. The zero-order chi connectivity index (χ0) is 19.6. The van der Waals surface area contributed by atoms with E-state index in [-0.39, 0.29) is 17.1 Å². The number of phenolic OH excluding ortho intramolecular Hbond substituents is 1. The molecule has 0 amide bonds. The molecule has 7 heteroatoms. The van der Waals surface area contributed by atoms with Gasteiger partial charge in [0, 0.05) is 10.9 Å². The summed E-state index contributed by atoms with van der Waals surface area (Å²) in [6, 6.07) is 10.9. The highest BCUT2D eigenvalue weighted by Crippen LogP contribution is 2.34. The molecule has 0 radical (unpaired) electrons. The topological polar surface area (TPSA) is 111 Å². The maximum atomic E-state index is 10.8. The third-order valence-corrected chi connectivity index (χ3v) is 5.24. The minimum atomic E-state index is -0.225. The fourth-order valence-corrected chi connectivity index (χ4v) is 3.92. The molecule has 5 rings (SSSR count). The van der Waals surface area contributed by atoms with E-state index in [1.807, 2.05) is 31.2 Å². The SMILES string of the molecule is Cc1ccc(O)c(C)c1-n1c(=N)c2c(O)nc3ccccc3c3[nH]cnc1c23. The molecule has 0 unspecified atom stereocenters. The molecular formula is C21H17N5O2. The second-order valence-electron chi connectivity index (χ2n) is 6.86. The molecule has 0 spiro atoms. The van der Waals surface area contributed by atoms with E-state index in [1.165, 1.54) is 0 Å². The molecule has 0 atom stereocenters. The number of hydrogen-bond acceptors (Lipinski definition) is 5. The van der Waals surface area contributed by atoms with Crippen molar-refractivity contribution in [1.82, 2.24) is 19.5 Å². The molecule has 0 saturated heterocycles. The molecule has 5 aromatic rings. The zero-order valence-corrected chi connectivity index (χ0v) is 15.3. The first-order valence-corrected chi connectivity index (χ1v) is 8.82. The average Bonchev–Trinajstić information content (AvgIpc) is 2.90. The number of aryl methyl sites for hydroxylation is 1. The van der Waals surface area contributed by atoms with E-state index in [0.29, 0.717) is 33.2 Å². The van der Waals surface area contributed by atoms with E-state index < -0.39 is 0 Å². The summed E-state index contributed by atoms with van der Waals surface area (Å²) in [5.41, 5.74) is 4.15. The molecule has 0 bridgehead atoms. The normalized spacial score (nSPS) is 11.6. The summed E-state index contributed by atoms with van der Waals surface area (Å²) in [5.74, 6) is -0.0849. The van der Waals surface area contributed by atoms with Crippen LogP contribution < -0.4 is 5.49 Å². The number of fused-ring (bicyclic) bond motifs is 2. The van der Waals surface area contributed by atoms with Crippen molar-refractivity contribution in [1.29, 1.82) is 5.41 Å². The van der Waals surface area contributed by atoms with Crippen molar-refractivity contribution < 1.29 is 10.2 Å². The lowest BCUT2D eigenvalue weighted by molar-refractivity contribution is 0.462. The van der Waals surface area contributed by atoms with E-state index in [9.17, 15) is 10.2 Å². The Balaban J connectivity index is 2.11. The Kier molecular flexibility index (Phi) is 3.24. The van der Waals surface area contributed by atoms with Crippen LogP contribution >= 0.6 is 0 Å². The smallest absolute Gasteiger partial charge is 0.223 e. The largest absolute Gasteiger partial charge is 0.508 e. The van der Waals surface area contributed by atoms with Gasteiger partial charge in [0.2, 0.25) is 5.88 Å². The van der Waals surface area contributed by atoms with Crippen LogP contribution in [0.2, 0.25) is 0 Å². The molecule has 2 aromatic carbocycles. The van der Waals surface area contributed by atoms with E-state index >= 15 is 0 Å². The Hall–Kier alpha value is -3.87. The van der Waals surface area contributed by atoms with Gasteiger partial charge in [0.25, 0.3) is 0 Å². The maximum absolute atomic E-state index is 10.8. The van der Waals surface area contributed by atoms with E-state index in [4.69, 9.17) is 5.41 Å². The number of para-hydroxylation sites is 1. The number of aromatic hydroxyl groups is 2. The van der Waals surface area contributed by atoms with Crippen molar-refractivity contribution in [2.45, 2.75) is 13.8 Å². The van der Waals surface area contributed by atoms with Gasteiger partial charge in [0.05, 0.1) is 33.8 Å². The molecule has 0 fully saturated rings. The highest BCUT2D eigenvalue weighted by Gasteiger charge is 2.22. The van der Waals surface area contributed by atoms with E-state index in [2.05, 4.69) is 15.0 Å². The fraction of sp³-hybridized carbons (Fsp3) is 0.0952. The Bertz CT molecular complexity index is 1480. The van der Waals surface area contributed by atoms with Crippen molar-refractivity contribution >= 4 is 32.8 Å². The molecule has 3 heterocycles. The highest BCUT2D eigenvalue weighted by atomic mass is 16.3. The molecule has 3 aromatic heterocycles. The summed E-state index contributed by atoms with van der Waals surface area (Å²) in [4.78, 5) is 12.0. The van der Waals surface area contributed by atoms with Gasteiger partial charge in [-0.2, -0.15) is 0 Å². The van der Waals surface area contributed by atoms with Crippen molar-refractivity contribution in [3.8, 4) is 17.3 Å². The Morgan fingerprint density at radius 3 is 2.64 bits per heavy atom.